The molecule has 2 aliphatic rings. The van der Waals surface area contributed by atoms with Gasteiger partial charge in [-0.25, -0.2) is 0 Å². The minimum atomic E-state index is -0.385. The SMILES string of the molecule is CC(C)(C)OC(=O)C1NC2C=CC1C2. The third-order valence-corrected chi connectivity index (χ3v) is 2.60. The highest BCUT2D eigenvalue weighted by molar-refractivity contribution is 5.78. The molecule has 0 amide bonds. The van der Waals surface area contributed by atoms with Gasteiger partial charge < -0.3 is 4.74 Å². The van der Waals surface area contributed by atoms with Crippen LogP contribution in [0.3, 0.4) is 0 Å². The van der Waals surface area contributed by atoms with Crippen LogP contribution in [0.1, 0.15) is 27.2 Å². The molecule has 3 atom stereocenters. The number of hydrogen-bond donors (Lipinski definition) is 1. The van der Waals surface area contributed by atoms with Gasteiger partial charge in [-0.2, -0.15) is 0 Å². The zero-order valence-electron chi connectivity index (χ0n) is 8.91. The minimum absolute atomic E-state index is 0.116. The van der Waals surface area contributed by atoms with Crippen molar-refractivity contribution in [2.45, 2.75) is 44.9 Å². The van der Waals surface area contributed by atoms with Crippen LogP contribution in [0.15, 0.2) is 12.2 Å². The number of ether oxygens (including phenoxy) is 1. The van der Waals surface area contributed by atoms with Crippen LogP contribution in [0.4, 0.5) is 0 Å². The molecule has 0 aromatic rings. The van der Waals surface area contributed by atoms with Gasteiger partial charge in [-0.3, -0.25) is 10.1 Å². The number of carbonyl (C=O) groups excluding carboxylic acids is 1. The van der Waals surface area contributed by atoms with Gasteiger partial charge in [0.05, 0.1) is 0 Å². The summed E-state index contributed by atoms with van der Waals surface area (Å²) < 4.78 is 5.34. The van der Waals surface area contributed by atoms with Crippen molar-refractivity contribution in [2.75, 3.05) is 0 Å². The molecule has 14 heavy (non-hydrogen) atoms. The summed E-state index contributed by atoms with van der Waals surface area (Å²) >= 11 is 0. The molecule has 3 unspecified atom stereocenters. The summed E-state index contributed by atoms with van der Waals surface area (Å²) in [5.74, 6) is 0.226. The molecule has 1 heterocycles. The van der Waals surface area contributed by atoms with Crippen LogP contribution >= 0.6 is 0 Å². The van der Waals surface area contributed by atoms with E-state index in [-0.39, 0.29) is 17.6 Å². The molecule has 0 spiro atoms. The first-order valence-electron chi connectivity index (χ1n) is 5.13. The van der Waals surface area contributed by atoms with E-state index in [1.165, 1.54) is 0 Å². The largest absolute Gasteiger partial charge is 0.459 e. The molecule has 1 N–H and O–H groups in total. The first-order chi connectivity index (χ1) is 6.46. The molecular formula is C11H17NO2. The van der Waals surface area contributed by atoms with Crippen LogP contribution in [-0.4, -0.2) is 23.7 Å². The third kappa shape index (κ3) is 1.82. The maximum absolute atomic E-state index is 11.7. The summed E-state index contributed by atoms with van der Waals surface area (Å²) in [6.45, 7) is 5.69. The van der Waals surface area contributed by atoms with E-state index in [0.29, 0.717) is 12.0 Å². The molecular weight excluding hydrogens is 178 g/mol. The van der Waals surface area contributed by atoms with E-state index in [1.807, 2.05) is 20.8 Å². The van der Waals surface area contributed by atoms with E-state index in [0.717, 1.165) is 6.42 Å². The van der Waals surface area contributed by atoms with Gasteiger partial charge in [0.25, 0.3) is 0 Å². The monoisotopic (exact) mass is 195 g/mol. The van der Waals surface area contributed by atoms with Gasteiger partial charge in [0.1, 0.15) is 11.6 Å². The molecule has 1 saturated heterocycles. The molecule has 2 rings (SSSR count). The minimum Gasteiger partial charge on any atom is -0.459 e. The van der Waals surface area contributed by atoms with Crippen LogP contribution in [-0.2, 0) is 9.53 Å². The average Bonchev–Trinajstić information content (AvgIpc) is 2.59. The predicted octanol–water partition coefficient (Wildman–Crippen LogP) is 1.24. The van der Waals surface area contributed by atoms with Crippen molar-refractivity contribution < 1.29 is 9.53 Å². The average molecular weight is 195 g/mol. The Morgan fingerprint density at radius 2 is 2.14 bits per heavy atom. The van der Waals surface area contributed by atoms with Crippen molar-refractivity contribution in [3.8, 4) is 0 Å². The van der Waals surface area contributed by atoms with Crippen molar-refractivity contribution >= 4 is 5.97 Å². The Labute approximate surface area is 84.5 Å². The molecule has 3 heteroatoms. The Bertz CT molecular complexity index is 278. The molecule has 0 aromatic heterocycles. The number of fused-ring (bicyclic) bond motifs is 2. The van der Waals surface area contributed by atoms with Crippen LogP contribution in [0.5, 0.6) is 0 Å². The molecule has 78 valence electrons. The van der Waals surface area contributed by atoms with Gasteiger partial charge in [0, 0.05) is 12.0 Å². The topological polar surface area (TPSA) is 38.3 Å². The van der Waals surface area contributed by atoms with Gasteiger partial charge in [-0.05, 0) is 27.2 Å². The van der Waals surface area contributed by atoms with E-state index in [9.17, 15) is 4.79 Å². The number of carbonyl (C=O) groups is 1. The second-order valence-electron chi connectivity index (χ2n) is 5.07. The molecule has 1 aliphatic heterocycles. The molecule has 3 nitrogen and oxygen atoms in total. The summed E-state index contributed by atoms with van der Waals surface area (Å²) in [5, 5.41) is 3.25. The van der Waals surface area contributed by atoms with Gasteiger partial charge in [-0.15, -0.1) is 0 Å². The smallest absolute Gasteiger partial charge is 0.324 e. The third-order valence-electron chi connectivity index (χ3n) is 2.60. The lowest BCUT2D eigenvalue weighted by Gasteiger charge is -2.25. The first-order valence-corrected chi connectivity index (χ1v) is 5.13. The number of rotatable bonds is 1. The summed E-state index contributed by atoms with van der Waals surface area (Å²) in [7, 11) is 0. The zero-order chi connectivity index (χ0) is 10.3. The Kier molecular flexibility index (Phi) is 2.14. The Morgan fingerprint density at radius 1 is 1.43 bits per heavy atom. The van der Waals surface area contributed by atoms with E-state index >= 15 is 0 Å². The Hall–Kier alpha value is -0.830. The summed E-state index contributed by atoms with van der Waals surface area (Å²) in [6.07, 6.45) is 5.30. The maximum Gasteiger partial charge on any atom is 0.324 e. The van der Waals surface area contributed by atoms with Gasteiger partial charge >= 0.3 is 5.97 Å². The van der Waals surface area contributed by atoms with E-state index in [4.69, 9.17) is 4.74 Å². The first kappa shape index (κ1) is 9.71. The predicted molar refractivity (Wildman–Crippen MR) is 53.8 cm³/mol. The highest BCUT2D eigenvalue weighted by Gasteiger charge is 2.41. The molecule has 0 aromatic carbocycles. The number of hydrogen-bond acceptors (Lipinski definition) is 3. The summed E-state index contributed by atoms with van der Waals surface area (Å²) in [4.78, 5) is 11.7. The second-order valence-corrected chi connectivity index (χ2v) is 5.07. The van der Waals surface area contributed by atoms with Crippen molar-refractivity contribution in [3.63, 3.8) is 0 Å². The fourth-order valence-electron chi connectivity index (χ4n) is 2.06. The molecule has 0 radical (unpaired) electrons. The second kappa shape index (κ2) is 3.09. The lowest BCUT2D eigenvalue weighted by atomic mass is 10.0. The standard InChI is InChI=1S/C11H17NO2/c1-11(2,3)14-10(13)9-7-4-5-8(6-7)12-9/h4-5,7-9,12H,6H2,1-3H3. The number of esters is 1. The number of nitrogens with one attached hydrogen (secondary N) is 1. The lowest BCUT2D eigenvalue weighted by Crippen LogP contribution is -2.43. The van der Waals surface area contributed by atoms with Crippen molar-refractivity contribution in [1.82, 2.24) is 5.32 Å². The van der Waals surface area contributed by atoms with Crippen molar-refractivity contribution in [2.24, 2.45) is 5.92 Å². The molecule has 0 saturated carbocycles. The van der Waals surface area contributed by atoms with Crippen LogP contribution in [0.2, 0.25) is 0 Å². The van der Waals surface area contributed by atoms with E-state index < -0.39 is 0 Å². The molecule has 2 bridgehead atoms. The zero-order valence-corrected chi connectivity index (χ0v) is 8.91. The van der Waals surface area contributed by atoms with Crippen LogP contribution < -0.4 is 5.32 Å². The Balaban J connectivity index is 1.97. The van der Waals surface area contributed by atoms with E-state index in [1.54, 1.807) is 0 Å². The van der Waals surface area contributed by atoms with Crippen LogP contribution in [0, 0.1) is 5.92 Å². The van der Waals surface area contributed by atoms with E-state index in [2.05, 4.69) is 17.5 Å². The summed E-state index contributed by atoms with van der Waals surface area (Å²) in [6, 6.07) is 0.266. The van der Waals surface area contributed by atoms with Crippen molar-refractivity contribution in [3.05, 3.63) is 12.2 Å². The van der Waals surface area contributed by atoms with Crippen molar-refractivity contribution in [1.29, 1.82) is 0 Å². The molecule has 1 aliphatic carbocycles. The van der Waals surface area contributed by atoms with Gasteiger partial charge in [-0.1, -0.05) is 12.2 Å². The normalized spacial score (nSPS) is 34.9. The van der Waals surface area contributed by atoms with Gasteiger partial charge in [0.2, 0.25) is 0 Å². The lowest BCUT2D eigenvalue weighted by molar-refractivity contribution is -0.157. The fraction of sp³-hybridized carbons (Fsp3) is 0.727. The quantitative estimate of drug-likeness (QED) is 0.505. The molecule has 1 fully saturated rings. The highest BCUT2D eigenvalue weighted by atomic mass is 16.6. The van der Waals surface area contributed by atoms with Crippen LogP contribution in [0.25, 0.3) is 0 Å². The highest BCUT2D eigenvalue weighted by Crippen LogP contribution is 2.30. The Morgan fingerprint density at radius 3 is 2.57 bits per heavy atom. The fourth-order valence-corrected chi connectivity index (χ4v) is 2.06. The van der Waals surface area contributed by atoms with Gasteiger partial charge in [0.15, 0.2) is 0 Å². The maximum atomic E-state index is 11.7. The summed E-state index contributed by atoms with van der Waals surface area (Å²) in [5.41, 5.74) is -0.385.